The van der Waals surface area contributed by atoms with Crippen LogP contribution in [-0.2, 0) is 16.0 Å². The van der Waals surface area contributed by atoms with Crippen molar-refractivity contribution >= 4 is 39.2 Å². The smallest absolute Gasteiger partial charge is 0.357 e. The maximum absolute atomic E-state index is 12.0. The van der Waals surface area contributed by atoms with Crippen LogP contribution in [0.2, 0.25) is 0 Å². The first-order valence-corrected chi connectivity index (χ1v) is 8.44. The number of carbonyl (C=O) groups excluding carboxylic acids is 2. The average molecular weight is 343 g/mol. The van der Waals surface area contributed by atoms with Crippen molar-refractivity contribution in [2.75, 3.05) is 12.4 Å². The second-order valence-corrected chi connectivity index (χ2v) is 6.15. The van der Waals surface area contributed by atoms with Gasteiger partial charge in [0, 0.05) is 28.9 Å². The summed E-state index contributed by atoms with van der Waals surface area (Å²) in [6, 6.07) is 8.11. The van der Waals surface area contributed by atoms with Crippen molar-refractivity contribution in [3.05, 3.63) is 47.1 Å². The van der Waals surface area contributed by atoms with E-state index in [1.54, 1.807) is 5.38 Å². The minimum absolute atomic E-state index is 0.111. The highest BCUT2D eigenvalue weighted by atomic mass is 32.1. The van der Waals surface area contributed by atoms with Crippen molar-refractivity contribution < 1.29 is 14.3 Å². The molecule has 1 aromatic carbocycles. The van der Waals surface area contributed by atoms with E-state index in [4.69, 9.17) is 0 Å². The van der Waals surface area contributed by atoms with E-state index >= 15 is 0 Å². The standard InChI is InChI=1S/C17H17N3O3S/c1-23-16(22)14-10-24-17(19-14)20-15(21)8-4-5-11-9-18-13-7-3-2-6-12(11)13/h2-3,6-7,9-10,18H,4-5,8H2,1H3,(H,19,20,21). The SMILES string of the molecule is COC(=O)c1csc(NC(=O)CCCc2c[nH]c3ccccc23)n1. The van der Waals surface area contributed by atoms with Gasteiger partial charge in [-0.05, 0) is 24.5 Å². The molecule has 0 unspecified atom stereocenters. The molecule has 0 fully saturated rings. The monoisotopic (exact) mass is 343 g/mol. The molecule has 7 heteroatoms. The zero-order valence-electron chi connectivity index (χ0n) is 13.2. The topological polar surface area (TPSA) is 84.1 Å². The summed E-state index contributed by atoms with van der Waals surface area (Å²) in [4.78, 5) is 30.6. The molecule has 6 nitrogen and oxygen atoms in total. The Bertz CT molecular complexity index is 869. The van der Waals surface area contributed by atoms with Crippen molar-refractivity contribution in [1.29, 1.82) is 0 Å². The first-order valence-electron chi connectivity index (χ1n) is 7.56. The van der Waals surface area contributed by atoms with Gasteiger partial charge in [-0.1, -0.05) is 18.2 Å². The Kier molecular flexibility index (Phi) is 4.90. The molecule has 2 N–H and O–H groups in total. The molecular formula is C17H17N3O3S. The van der Waals surface area contributed by atoms with Crippen LogP contribution in [0.15, 0.2) is 35.8 Å². The number of benzene rings is 1. The molecule has 0 atom stereocenters. The van der Waals surface area contributed by atoms with Crippen LogP contribution in [0.25, 0.3) is 10.9 Å². The normalized spacial score (nSPS) is 10.7. The number of hydrogen-bond acceptors (Lipinski definition) is 5. The Labute approximate surface area is 142 Å². The lowest BCUT2D eigenvalue weighted by molar-refractivity contribution is -0.116. The lowest BCUT2D eigenvalue weighted by Gasteiger charge is -2.02. The summed E-state index contributed by atoms with van der Waals surface area (Å²) in [5, 5.41) is 5.88. The number of ether oxygens (including phenoxy) is 1. The predicted octanol–water partition coefficient (Wildman–Crippen LogP) is 3.37. The van der Waals surface area contributed by atoms with E-state index in [1.165, 1.54) is 29.4 Å². The summed E-state index contributed by atoms with van der Waals surface area (Å²) in [6.45, 7) is 0. The van der Waals surface area contributed by atoms with Crippen LogP contribution in [0.3, 0.4) is 0 Å². The van der Waals surface area contributed by atoms with Crippen molar-refractivity contribution in [3.8, 4) is 0 Å². The number of thiazole rings is 1. The number of H-pyrrole nitrogens is 1. The van der Waals surface area contributed by atoms with Gasteiger partial charge in [0.05, 0.1) is 7.11 Å². The van der Waals surface area contributed by atoms with E-state index in [0.29, 0.717) is 11.6 Å². The van der Waals surface area contributed by atoms with E-state index < -0.39 is 5.97 Å². The Morgan fingerprint density at radius 3 is 3.00 bits per heavy atom. The van der Waals surface area contributed by atoms with Gasteiger partial charge in [-0.25, -0.2) is 9.78 Å². The Morgan fingerprint density at radius 2 is 2.17 bits per heavy atom. The number of nitrogens with zero attached hydrogens (tertiary/aromatic N) is 1. The number of nitrogens with one attached hydrogen (secondary N) is 2. The van der Waals surface area contributed by atoms with Crippen LogP contribution in [0.5, 0.6) is 0 Å². The minimum Gasteiger partial charge on any atom is -0.464 e. The molecule has 24 heavy (non-hydrogen) atoms. The van der Waals surface area contributed by atoms with Gasteiger partial charge in [0.2, 0.25) is 5.91 Å². The fourth-order valence-electron chi connectivity index (χ4n) is 2.49. The number of esters is 1. The Balaban J connectivity index is 1.51. The number of aryl methyl sites for hydroxylation is 1. The molecule has 0 aliphatic heterocycles. The first kappa shape index (κ1) is 16.2. The lowest BCUT2D eigenvalue weighted by atomic mass is 10.1. The highest BCUT2D eigenvalue weighted by Crippen LogP contribution is 2.20. The predicted molar refractivity (Wildman–Crippen MR) is 93.3 cm³/mol. The number of carbonyl (C=O) groups is 2. The number of aromatic amines is 1. The van der Waals surface area contributed by atoms with Crippen molar-refractivity contribution in [1.82, 2.24) is 9.97 Å². The van der Waals surface area contributed by atoms with Crippen LogP contribution in [-0.4, -0.2) is 29.0 Å². The van der Waals surface area contributed by atoms with Gasteiger partial charge in [0.15, 0.2) is 10.8 Å². The van der Waals surface area contributed by atoms with Gasteiger partial charge in [-0.15, -0.1) is 11.3 Å². The van der Waals surface area contributed by atoms with Crippen LogP contribution < -0.4 is 5.32 Å². The van der Waals surface area contributed by atoms with E-state index in [1.807, 2.05) is 24.4 Å². The van der Waals surface area contributed by atoms with Crippen LogP contribution in [0.1, 0.15) is 28.9 Å². The number of rotatable bonds is 6. The molecule has 0 aliphatic rings. The molecule has 1 amide bonds. The summed E-state index contributed by atoms with van der Waals surface area (Å²) < 4.78 is 4.59. The van der Waals surface area contributed by atoms with Crippen LogP contribution >= 0.6 is 11.3 Å². The Hall–Kier alpha value is -2.67. The summed E-state index contributed by atoms with van der Waals surface area (Å²) in [5.74, 6) is -0.619. The summed E-state index contributed by atoms with van der Waals surface area (Å²) in [6.07, 6.45) is 3.95. The summed E-state index contributed by atoms with van der Waals surface area (Å²) in [7, 11) is 1.30. The van der Waals surface area contributed by atoms with E-state index in [2.05, 4.69) is 26.1 Å². The highest BCUT2D eigenvalue weighted by Gasteiger charge is 2.12. The van der Waals surface area contributed by atoms with E-state index in [0.717, 1.165) is 18.4 Å². The van der Waals surface area contributed by atoms with Crippen molar-refractivity contribution in [2.24, 2.45) is 0 Å². The maximum atomic E-state index is 12.0. The number of amides is 1. The van der Waals surface area contributed by atoms with E-state index in [-0.39, 0.29) is 11.6 Å². The molecule has 2 aromatic heterocycles. The molecule has 3 aromatic rings. The zero-order chi connectivity index (χ0) is 16.9. The quantitative estimate of drug-likeness (QED) is 0.672. The minimum atomic E-state index is -0.508. The van der Waals surface area contributed by atoms with Gasteiger partial charge in [0.1, 0.15) is 0 Å². The lowest BCUT2D eigenvalue weighted by Crippen LogP contribution is -2.11. The number of aromatic nitrogens is 2. The third kappa shape index (κ3) is 3.62. The second-order valence-electron chi connectivity index (χ2n) is 5.29. The molecule has 0 saturated heterocycles. The van der Waals surface area contributed by atoms with Crippen molar-refractivity contribution in [2.45, 2.75) is 19.3 Å². The largest absolute Gasteiger partial charge is 0.464 e. The molecule has 0 spiro atoms. The molecule has 0 saturated carbocycles. The first-order chi connectivity index (χ1) is 11.7. The number of hydrogen-bond donors (Lipinski definition) is 2. The Morgan fingerprint density at radius 1 is 1.33 bits per heavy atom. The number of anilines is 1. The zero-order valence-corrected chi connectivity index (χ0v) is 14.0. The number of methoxy groups -OCH3 is 1. The molecule has 0 radical (unpaired) electrons. The summed E-state index contributed by atoms with van der Waals surface area (Å²) in [5.41, 5.74) is 2.52. The van der Waals surface area contributed by atoms with Gasteiger partial charge in [0.25, 0.3) is 0 Å². The molecule has 2 heterocycles. The third-order valence-corrected chi connectivity index (χ3v) is 4.43. The third-order valence-electron chi connectivity index (χ3n) is 3.67. The second kappa shape index (κ2) is 7.27. The van der Waals surface area contributed by atoms with Crippen LogP contribution in [0.4, 0.5) is 5.13 Å². The van der Waals surface area contributed by atoms with Crippen LogP contribution in [0, 0.1) is 0 Å². The fourth-order valence-corrected chi connectivity index (χ4v) is 3.19. The van der Waals surface area contributed by atoms with Gasteiger partial charge >= 0.3 is 5.97 Å². The molecule has 124 valence electrons. The summed E-state index contributed by atoms with van der Waals surface area (Å²) >= 11 is 1.21. The highest BCUT2D eigenvalue weighted by molar-refractivity contribution is 7.14. The average Bonchev–Trinajstić information content (AvgIpc) is 3.22. The van der Waals surface area contributed by atoms with E-state index in [9.17, 15) is 9.59 Å². The molecule has 0 aliphatic carbocycles. The van der Waals surface area contributed by atoms with Gasteiger partial charge < -0.3 is 15.0 Å². The van der Waals surface area contributed by atoms with Crippen molar-refractivity contribution in [3.63, 3.8) is 0 Å². The molecule has 0 bridgehead atoms. The maximum Gasteiger partial charge on any atom is 0.357 e. The fraction of sp³-hybridized carbons (Fsp3) is 0.235. The molecular weight excluding hydrogens is 326 g/mol. The number of fused-ring (bicyclic) bond motifs is 1. The van der Waals surface area contributed by atoms with Gasteiger partial charge in [-0.2, -0.15) is 0 Å². The molecule has 3 rings (SSSR count). The van der Waals surface area contributed by atoms with Gasteiger partial charge in [-0.3, -0.25) is 4.79 Å². The number of para-hydroxylation sites is 1.